The van der Waals surface area contributed by atoms with E-state index in [0.29, 0.717) is 34.7 Å². The number of nitrogens with zero attached hydrogens (tertiary/aromatic N) is 2. The monoisotopic (exact) mass is 305 g/mol. The second kappa shape index (κ2) is 6.93. The van der Waals surface area contributed by atoms with E-state index in [2.05, 4.69) is 30.1 Å². The molecule has 1 aliphatic rings. The van der Waals surface area contributed by atoms with Gasteiger partial charge in [-0.15, -0.1) is 0 Å². The van der Waals surface area contributed by atoms with Gasteiger partial charge in [-0.2, -0.15) is 5.26 Å². The molecule has 21 heavy (non-hydrogen) atoms. The predicted octanol–water partition coefficient (Wildman–Crippen LogP) is 3.13. The maximum Gasteiger partial charge on any atom is 0.238 e. The number of halogens is 1. The summed E-state index contributed by atoms with van der Waals surface area (Å²) in [6.07, 6.45) is 1.21. The summed E-state index contributed by atoms with van der Waals surface area (Å²) in [5.41, 5.74) is 0.904. The summed E-state index contributed by atoms with van der Waals surface area (Å²) in [5.74, 6) is 1.12. The van der Waals surface area contributed by atoms with Gasteiger partial charge in [-0.25, -0.2) is 0 Å². The topological polar surface area (TPSA) is 56.1 Å². The van der Waals surface area contributed by atoms with Gasteiger partial charge in [-0.3, -0.25) is 9.69 Å². The summed E-state index contributed by atoms with van der Waals surface area (Å²) in [6.45, 7) is 6.67. The molecule has 0 saturated carbocycles. The van der Waals surface area contributed by atoms with Crippen LogP contribution in [0.5, 0.6) is 0 Å². The van der Waals surface area contributed by atoms with Gasteiger partial charge in [0.25, 0.3) is 0 Å². The molecule has 0 aliphatic carbocycles. The molecule has 112 valence electrons. The Bertz CT molecular complexity index is 557. The van der Waals surface area contributed by atoms with Gasteiger partial charge in [0.1, 0.15) is 6.07 Å². The molecule has 2 rings (SSSR count). The van der Waals surface area contributed by atoms with Crippen LogP contribution in [0.1, 0.15) is 25.8 Å². The predicted molar refractivity (Wildman–Crippen MR) is 84.2 cm³/mol. The molecule has 1 aromatic rings. The Balaban J connectivity index is 1.99. The molecule has 4 nitrogen and oxygen atoms in total. The van der Waals surface area contributed by atoms with E-state index in [4.69, 9.17) is 16.9 Å². The minimum Gasteiger partial charge on any atom is -0.324 e. The van der Waals surface area contributed by atoms with E-state index in [-0.39, 0.29) is 5.91 Å². The van der Waals surface area contributed by atoms with E-state index in [1.807, 2.05) is 0 Å². The smallest absolute Gasteiger partial charge is 0.238 e. The van der Waals surface area contributed by atoms with Crippen molar-refractivity contribution in [1.82, 2.24) is 4.90 Å². The first kappa shape index (κ1) is 15.8. The third kappa shape index (κ3) is 4.45. The lowest BCUT2D eigenvalue weighted by Gasteiger charge is -2.34. The summed E-state index contributed by atoms with van der Waals surface area (Å²) in [7, 11) is 0. The molecule has 1 N–H and O–H groups in total. The number of hydrogen-bond donors (Lipinski definition) is 1. The lowest BCUT2D eigenvalue weighted by Crippen LogP contribution is -2.42. The van der Waals surface area contributed by atoms with E-state index < -0.39 is 0 Å². The van der Waals surface area contributed by atoms with Crippen molar-refractivity contribution in [3.63, 3.8) is 0 Å². The molecule has 1 fully saturated rings. The van der Waals surface area contributed by atoms with E-state index in [1.165, 1.54) is 6.42 Å². The standard InChI is InChI=1S/C16H20ClN3O/c1-11-5-12(2)9-20(8-11)10-16(21)19-15-6-14(17)4-3-13(15)7-18/h3-4,6,11-12H,5,8-10H2,1-2H3,(H,19,21)/t11-,12-/m1/s1. The van der Waals surface area contributed by atoms with Crippen LogP contribution in [0.3, 0.4) is 0 Å². The second-order valence-corrected chi connectivity index (χ2v) is 6.43. The number of hydrogen-bond acceptors (Lipinski definition) is 3. The molecule has 1 heterocycles. The first-order valence-electron chi connectivity index (χ1n) is 7.19. The van der Waals surface area contributed by atoms with Crippen LogP contribution >= 0.6 is 11.6 Å². The first-order chi connectivity index (χ1) is 9.97. The van der Waals surface area contributed by atoms with Crippen molar-refractivity contribution in [2.45, 2.75) is 20.3 Å². The zero-order valence-electron chi connectivity index (χ0n) is 12.4. The zero-order chi connectivity index (χ0) is 15.4. The highest BCUT2D eigenvalue weighted by molar-refractivity contribution is 6.31. The largest absolute Gasteiger partial charge is 0.324 e. The van der Waals surface area contributed by atoms with E-state index in [1.54, 1.807) is 18.2 Å². The quantitative estimate of drug-likeness (QED) is 0.933. The number of likely N-dealkylation sites (tertiary alicyclic amines) is 1. The summed E-state index contributed by atoms with van der Waals surface area (Å²) in [4.78, 5) is 14.3. The van der Waals surface area contributed by atoms with Crippen LogP contribution in [-0.4, -0.2) is 30.4 Å². The Labute approximate surface area is 130 Å². The highest BCUT2D eigenvalue weighted by atomic mass is 35.5. The molecule has 5 heteroatoms. The van der Waals surface area contributed by atoms with Gasteiger partial charge < -0.3 is 5.32 Å². The fraction of sp³-hybridized carbons (Fsp3) is 0.500. The SMILES string of the molecule is C[C@@H]1C[C@@H](C)CN(CC(=O)Nc2cc(Cl)ccc2C#N)C1. The fourth-order valence-corrected chi connectivity index (χ4v) is 3.20. The highest BCUT2D eigenvalue weighted by Crippen LogP contribution is 2.22. The number of carbonyl (C=O) groups excluding carboxylic acids is 1. The Morgan fingerprint density at radius 3 is 2.71 bits per heavy atom. The van der Waals surface area contributed by atoms with Crippen LogP contribution < -0.4 is 5.32 Å². The Kier molecular flexibility index (Phi) is 5.22. The Morgan fingerprint density at radius 1 is 1.43 bits per heavy atom. The number of benzene rings is 1. The number of nitriles is 1. The van der Waals surface area contributed by atoms with Gasteiger partial charge in [0, 0.05) is 18.1 Å². The highest BCUT2D eigenvalue weighted by Gasteiger charge is 2.23. The third-order valence-electron chi connectivity index (χ3n) is 3.69. The van der Waals surface area contributed by atoms with Crippen molar-refractivity contribution < 1.29 is 4.79 Å². The molecule has 2 atom stereocenters. The number of amides is 1. The van der Waals surface area contributed by atoms with Crippen LogP contribution in [0.15, 0.2) is 18.2 Å². The molecule has 0 aromatic heterocycles. The van der Waals surface area contributed by atoms with Gasteiger partial charge >= 0.3 is 0 Å². The lowest BCUT2D eigenvalue weighted by molar-refractivity contribution is -0.117. The van der Waals surface area contributed by atoms with E-state index in [0.717, 1.165) is 13.1 Å². The molecule has 0 bridgehead atoms. The molecule has 1 aromatic carbocycles. The summed E-state index contributed by atoms with van der Waals surface area (Å²) >= 11 is 5.92. The molecule has 0 radical (unpaired) electrons. The maximum absolute atomic E-state index is 12.2. The molecule has 1 saturated heterocycles. The molecular formula is C16H20ClN3O. The third-order valence-corrected chi connectivity index (χ3v) is 3.92. The summed E-state index contributed by atoms with van der Waals surface area (Å²) in [5, 5.41) is 12.4. The molecule has 0 spiro atoms. The van der Waals surface area contributed by atoms with Crippen molar-refractivity contribution in [2.24, 2.45) is 11.8 Å². The Morgan fingerprint density at radius 2 is 2.10 bits per heavy atom. The number of rotatable bonds is 3. The second-order valence-electron chi connectivity index (χ2n) is 5.99. The van der Waals surface area contributed by atoms with Crippen molar-refractivity contribution in [3.8, 4) is 6.07 Å². The van der Waals surface area contributed by atoms with E-state index in [9.17, 15) is 4.79 Å². The van der Waals surface area contributed by atoms with Crippen LogP contribution in [-0.2, 0) is 4.79 Å². The van der Waals surface area contributed by atoms with Crippen molar-refractivity contribution in [2.75, 3.05) is 25.0 Å². The van der Waals surface area contributed by atoms with Crippen molar-refractivity contribution in [3.05, 3.63) is 28.8 Å². The number of anilines is 1. The zero-order valence-corrected chi connectivity index (χ0v) is 13.2. The molecule has 0 unspecified atom stereocenters. The van der Waals surface area contributed by atoms with Crippen LogP contribution in [0.2, 0.25) is 5.02 Å². The molecule has 1 amide bonds. The molecular weight excluding hydrogens is 286 g/mol. The van der Waals surface area contributed by atoms with Crippen LogP contribution in [0, 0.1) is 23.2 Å². The summed E-state index contributed by atoms with van der Waals surface area (Å²) in [6, 6.07) is 6.93. The number of piperidine rings is 1. The van der Waals surface area contributed by atoms with Gasteiger partial charge in [0.15, 0.2) is 0 Å². The number of nitrogens with one attached hydrogen (secondary N) is 1. The molecule has 1 aliphatic heterocycles. The van der Waals surface area contributed by atoms with Crippen molar-refractivity contribution >= 4 is 23.2 Å². The van der Waals surface area contributed by atoms with Crippen LogP contribution in [0.4, 0.5) is 5.69 Å². The van der Waals surface area contributed by atoms with Gasteiger partial charge in [0.2, 0.25) is 5.91 Å². The minimum atomic E-state index is -0.102. The van der Waals surface area contributed by atoms with Gasteiger partial charge in [-0.05, 0) is 36.5 Å². The first-order valence-corrected chi connectivity index (χ1v) is 7.57. The average Bonchev–Trinajstić information content (AvgIpc) is 2.37. The lowest BCUT2D eigenvalue weighted by atomic mass is 9.92. The summed E-state index contributed by atoms with van der Waals surface area (Å²) < 4.78 is 0. The van der Waals surface area contributed by atoms with Gasteiger partial charge in [-0.1, -0.05) is 25.4 Å². The van der Waals surface area contributed by atoms with Gasteiger partial charge in [0.05, 0.1) is 17.8 Å². The van der Waals surface area contributed by atoms with Crippen LogP contribution in [0.25, 0.3) is 0 Å². The Hall–Kier alpha value is -1.57. The number of carbonyl (C=O) groups is 1. The fourth-order valence-electron chi connectivity index (χ4n) is 3.03. The van der Waals surface area contributed by atoms with E-state index >= 15 is 0 Å². The van der Waals surface area contributed by atoms with Crippen molar-refractivity contribution in [1.29, 1.82) is 5.26 Å². The normalized spacial score (nSPS) is 22.6. The maximum atomic E-state index is 12.2. The average molecular weight is 306 g/mol. The minimum absolute atomic E-state index is 0.102.